The monoisotopic (exact) mass is 375 g/mol. The molecule has 6 nitrogen and oxygen atoms in total. The van der Waals surface area contributed by atoms with Crippen LogP contribution < -0.4 is 5.43 Å². The van der Waals surface area contributed by atoms with Crippen LogP contribution >= 0.6 is 0 Å². The second kappa shape index (κ2) is 7.31. The van der Waals surface area contributed by atoms with E-state index in [-0.39, 0.29) is 17.6 Å². The van der Waals surface area contributed by atoms with Crippen LogP contribution in [0.4, 0.5) is 0 Å². The van der Waals surface area contributed by atoms with E-state index >= 15 is 0 Å². The molecular weight excluding hydrogens is 354 g/mol. The summed E-state index contributed by atoms with van der Waals surface area (Å²) in [5, 5.41) is 5.86. The fraction of sp³-hybridized carbons (Fsp3) is 0.227. The van der Waals surface area contributed by atoms with Gasteiger partial charge < -0.3 is 9.30 Å². The third kappa shape index (κ3) is 2.97. The molecule has 0 aliphatic heterocycles. The number of carbonyl (C=O) groups is 1. The maximum absolute atomic E-state index is 13.3. The molecule has 0 atom stereocenters. The number of hydrogen-bond acceptors (Lipinski definition) is 4. The molecule has 4 aromatic rings. The number of benzene rings is 2. The lowest BCUT2D eigenvalue weighted by Gasteiger charge is -2.13. The summed E-state index contributed by atoms with van der Waals surface area (Å²) in [6.45, 7) is 5.09. The highest BCUT2D eigenvalue weighted by atomic mass is 16.5. The van der Waals surface area contributed by atoms with Gasteiger partial charge in [-0.15, -0.1) is 0 Å². The Morgan fingerprint density at radius 2 is 1.89 bits per heavy atom. The quantitative estimate of drug-likeness (QED) is 0.500. The number of carbonyl (C=O) groups excluding carboxylic acids is 1. The maximum Gasteiger partial charge on any atom is 0.343 e. The van der Waals surface area contributed by atoms with Crippen LogP contribution in [0, 0.1) is 0 Å². The molecule has 28 heavy (non-hydrogen) atoms. The minimum absolute atomic E-state index is 0.0520. The van der Waals surface area contributed by atoms with Gasteiger partial charge in [0.1, 0.15) is 5.56 Å². The van der Waals surface area contributed by atoms with Crippen molar-refractivity contribution in [3.8, 4) is 0 Å². The van der Waals surface area contributed by atoms with Crippen LogP contribution in [-0.2, 0) is 17.8 Å². The largest absolute Gasteiger partial charge is 0.462 e. The van der Waals surface area contributed by atoms with Crippen molar-refractivity contribution in [2.45, 2.75) is 26.9 Å². The molecule has 0 N–H and O–H groups in total. The predicted molar refractivity (Wildman–Crippen MR) is 109 cm³/mol. The number of aromatic nitrogens is 3. The van der Waals surface area contributed by atoms with E-state index < -0.39 is 5.97 Å². The highest BCUT2D eigenvalue weighted by Gasteiger charge is 2.20. The number of nitrogens with zero attached hydrogens (tertiary/aromatic N) is 3. The van der Waals surface area contributed by atoms with Gasteiger partial charge in [-0.05, 0) is 31.5 Å². The maximum atomic E-state index is 13.3. The van der Waals surface area contributed by atoms with Crippen molar-refractivity contribution in [3.05, 3.63) is 76.2 Å². The highest BCUT2D eigenvalue weighted by molar-refractivity contribution is 6.06. The summed E-state index contributed by atoms with van der Waals surface area (Å²) in [5.74, 6) is -0.595. The molecule has 2 heterocycles. The van der Waals surface area contributed by atoms with E-state index in [9.17, 15) is 9.59 Å². The zero-order valence-electron chi connectivity index (χ0n) is 15.9. The Morgan fingerprint density at radius 3 is 2.61 bits per heavy atom. The van der Waals surface area contributed by atoms with Gasteiger partial charge in [0.05, 0.1) is 35.8 Å². The lowest BCUT2D eigenvalue weighted by molar-refractivity contribution is 0.0524. The summed E-state index contributed by atoms with van der Waals surface area (Å²) in [7, 11) is 0. The summed E-state index contributed by atoms with van der Waals surface area (Å²) in [6, 6.07) is 13.8. The second-order valence-corrected chi connectivity index (χ2v) is 6.56. The third-order valence-electron chi connectivity index (χ3n) is 4.86. The lowest BCUT2D eigenvalue weighted by Crippen LogP contribution is -2.21. The van der Waals surface area contributed by atoms with Gasteiger partial charge in [0.15, 0.2) is 0 Å². The normalized spacial score (nSPS) is 11.2. The SMILES string of the molecule is CCOC(=O)c1cn(CC)c2ccc3cnn(Cc4ccccc4)c3c2c1=O. The minimum atomic E-state index is -0.595. The summed E-state index contributed by atoms with van der Waals surface area (Å²) < 4.78 is 8.83. The van der Waals surface area contributed by atoms with Crippen LogP contribution in [0.25, 0.3) is 21.8 Å². The molecule has 2 aromatic heterocycles. The zero-order valence-corrected chi connectivity index (χ0v) is 15.9. The van der Waals surface area contributed by atoms with Gasteiger partial charge in [0, 0.05) is 18.1 Å². The first-order valence-electron chi connectivity index (χ1n) is 9.36. The fourth-order valence-corrected chi connectivity index (χ4v) is 3.54. The molecule has 0 aliphatic carbocycles. The van der Waals surface area contributed by atoms with Crippen LogP contribution in [0.1, 0.15) is 29.8 Å². The smallest absolute Gasteiger partial charge is 0.343 e. The topological polar surface area (TPSA) is 66.1 Å². The highest BCUT2D eigenvalue weighted by Crippen LogP contribution is 2.24. The Hall–Kier alpha value is -3.41. The summed E-state index contributed by atoms with van der Waals surface area (Å²) >= 11 is 0. The van der Waals surface area contributed by atoms with E-state index in [1.165, 1.54) is 0 Å². The Morgan fingerprint density at radius 1 is 1.11 bits per heavy atom. The Kier molecular flexibility index (Phi) is 4.69. The molecule has 0 bridgehead atoms. The number of aryl methyl sites for hydroxylation is 1. The van der Waals surface area contributed by atoms with Crippen LogP contribution in [0.3, 0.4) is 0 Å². The van der Waals surface area contributed by atoms with Gasteiger partial charge in [0.2, 0.25) is 5.43 Å². The van der Waals surface area contributed by atoms with E-state index in [0.29, 0.717) is 18.5 Å². The van der Waals surface area contributed by atoms with Crippen LogP contribution in [0.15, 0.2) is 59.7 Å². The molecule has 0 spiro atoms. The van der Waals surface area contributed by atoms with E-state index in [1.807, 2.05) is 58.6 Å². The molecular formula is C22H21N3O3. The number of rotatable bonds is 5. The average Bonchev–Trinajstić information content (AvgIpc) is 3.12. The van der Waals surface area contributed by atoms with Gasteiger partial charge in [-0.2, -0.15) is 5.10 Å². The van der Waals surface area contributed by atoms with Gasteiger partial charge in [0.25, 0.3) is 0 Å². The molecule has 142 valence electrons. The van der Waals surface area contributed by atoms with Crippen molar-refractivity contribution in [1.82, 2.24) is 14.3 Å². The van der Waals surface area contributed by atoms with Crippen molar-refractivity contribution in [3.63, 3.8) is 0 Å². The lowest BCUT2D eigenvalue weighted by atomic mass is 10.1. The van der Waals surface area contributed by atoms with Gasteiger partial charge in [-0.3, -0.25) is 9.48 Å². The molecule has 0 fully saturated rings. The number of fused-ring (bicyclic) bond motifs is 3. The Balaban J connectivity index is 2.02. The summed E-state index contributed by atoms with van der Waals surface area (Å²) in [6.07, 6.45) is 3.34. The molecule has 2 aromatic carbocycles. The predicted octanol–water partition coefficient (Wildman–Crippen LogP) is 3.60. The molecule has 0 saturated carbocycles. The first kappa shape index (κ1) is 18.0. The molecule has 4 rings (SSSR count). The molecule has 0 unspecified atom stereocenters. The summed E-state index contributed by atoms with van der Waals surface area (Å²) in [4.78, 5) is 25.6. The number of esters is 1. The molecule has 6 heteroatoms. The molecule has 0 saturated heterocycles. The van der Waals surface area contributed by atoms with Crippen LogP contribution in [-0.4, -0.2) is 26.9 Å². The van der Waals surface area contributed by atoms with Gasteiger partial charge in [-0.25, -0.2) is 4.79 Å². The standard InChI is InChI=1S/C22H21N3O3/c1-3-24-14-17(22(27)28-4-2)21(26)19-18(24)11-10-16-12-23-25(20(16)19)13-15-8-6-5-7-9-15/h5-12,14H,3-4,13H2,1-2H3. The fourth-order valence-electron chi connectivity index (χ4n) is 3.54. The van der Waals surface area contributed by atoms with Gasteiger partial charge in [-0.1, -0.05) is 30.3 Å². The van der Waals surface area contributed by atoms with Crippen LogP contribution in [0.5, 0.6) is 0 Å². The van der Waals surface area contributed by atoms with Crippen molar-refractivity contribution in [2.24, 2.45) is 0 Å². The first-order chi connectivity index (χ1) is 13.6. The molecule has 0 amide bonds. The Labute approximate surface area is 162 Å². The van der Waals surface area contributed by atoms with Crippen molar-refractivity contribution >= 4 is 27.8 Å². The average molecular weight is 375 g/mol. The summed E-state index contributed by atoms with van der Waals surface area (Å²) in [5.41, 5.74) is 2.33. The second-order valence-electron chi connectivity index (χ2n) is 6.56. The van der Waals surface area contributed by atoms with E-state index in [2.05, 4.69) is 5.10 Å². The number of pyridine rings is 1. The van der Waals surface area contributed by atoms with Crippen molar-refractivity contribution in [1.29, 1.82) is 0 Å². The van der Waals surface area contributed by atoms with Crippen molar-refractivity contribution in [2.75, 3.05) is 6.61 Å². The first-order valence-corrected chi connectivity index (χ1v) is 9.36. The van der Waals surface area contributed by atoms with E-state index in [4.69, 9.17) is 4.74 Å². The van der Waals surface area contributed by atoms with Crippen LogP contribution in [0.2, 0.25) is 0 Å². The zero-order chi connectivity index (χ0) is 19.7. The number of hydrogen-bond donors (Lipinski definition) is 0. The minimum Gasteiger partial charge on any atom is -0.462 e. The van der Waals surface area contributed by atoms with E-state index in [1.54, 1.807) is 19.3 Å². The molecule has 0 radical (unpaired) electrons. The van der Waals surface area contributed by atoms with Gasteiger partial charge >= 0.3 is 5.97 Å². The van der Waals surface area contributed by atoms with Crippen molar-refractivity contribution < 1.29 is 9.53 Å². The Bertz CT molecular complexity index is 1220. The number of ether oxygens (including phenoxy) is 1. The van der Waals surface area contributed by atoms with E-state index in [0.717, 1.165) is 22.0 Å². The molecule has 0 aliphatic rings. The third-order valence-corrected chi connectivity index (χ3v) is 4.86.